The molecule has 0 aliphatic heterocycles. The lowest BCUT2D eigenvalue weighted by molar-refractivity contribution is -0.114. The Kier molecular flexibility index (Phi) is 6.93. The monoisotopic (exact) mass is 269 g/mol. The van der Waals surface area contributed by atoms with Gasteiger partial charge in [-0.15, -0.1) is 11.3 Å². The summed E-state index contributed by atoms with van der Waals surface area (Å²) in [6, 6.07) is 1.95. The van der Waals surface area contributed by atoms with E-state index in [1.807, 2.05) is 11.4 Å². The van der Waals surface area contributed by atoms with Crippen LogP contribution in [0, 0.1) is 0 Å². The molecule has 2 N–H and O–H groups in total. The smallest absolute Gasteiger partial charge is 0.221 e. The highest BCUT2D eigenvalue weighted by atomic mass is 32.1. The molecular weight excluding hydrogens is 246 g/mol. The number of nitrogens with zero attached hydrogens (tertiary/aromatic N) is 1. The van der Waals surface area contributed by atoms with Gasteiger partial charge in [-0.1, -0.05) is 13.8 Å². The molecule has 1 aromatic rings. The highest BCUT2D eigenvalue weighted by Gasteiger charge is 2.05. The third-order valence-electron chi connectivity index (χ3n) is 2.84. The highest BCUT2D eigenvalue weighted by Crippen LogP contribution is 2.21. The fraction of sp³-hybridized carbons (Fsp3) is 0.615. The molecule has 0 aromatic carbocycles. The summed E-state index contributed by atoms with van der Waals surface area (Å²) in [5.41, 5.74) is 0.933. The number of anilines is 1. The molecule has 1 aromatic heterocycles. The van der Waals surface area contributed by atoms with Crippen LogP contribution < -0.4 is 10.6 Å². The van der Waals surface area contributed by atoms with Crippen molar-refractivity contribution < 1.29 is 4.79 Å². The van der Waals surface area contributed by atoms with E-state index >= 15 is 0 Å². The Balaban J connectivity index is 2.31. The maximum atomic E-state index is 11.0. The van der Waals surface area contributed by atoms with Gasteiger partial charge >= 0.3 is 0 Å². The van der Waals surface area contributed by atoms with Crippen LogP contribution in [-0.4, -0.2) is 37.0 Å². The molecule has 1 rings (SSSR count). The van der Waals surface area contributed by atoms with Crippen molar-refractivity contribution in [2.45, 2.75) is 27.3 Å². The molecule has 1 amide bonds. The molecule has 0 saturated carbocycles. The second kappa shape index (κ2) is 8.24. The Hall–Kier alpha value is -0.910. The number of nitrogens with one attached hydrogen (secondary N) is 2. The van der Waals surface area contributed by atoms with E-state index in [-0.39, 0.29) is 5.91 Å². The van der Waals surface area contributed by atoms with E-state index in [0.29, 0.717) is 0 Å². The minimum Gasteiger partial charge on any atom is -0.325 e. The minimum atomic E-state index is -0.0159. The van der Waals surface area contributed by atoms with Gasteiger partial charge < -0.3 is 15.5 Å². The summed E-state index contributed by atoms with van der Waals surface area (Å²) in [6.07, 6.45) is 0. The van der Waals surface area contributed by atoms with Gasteiger partial charge in [0.05, 0.1) is 5.69 Å². The van der Waals surface area contributed by atoms with Gasteiger partial charge in [-0.3, -0.25) is 4.79 Å². The summed E-state index contributed by atoms with van der Waals surface area (Å²) in [4.78, 5) is 14.6. The van der Waals surface area contributed by atoms with Crippen molar-refractivity contribution in [1.82, 2.24) is 10.2 Å². The fourth-order valence-corrected chi connectivity index (χ4v) is 2.56. The first kappa shape index (κ1) is 15.1. The minimum absolute atomic E-state index is 0.0159. The van der Waals surface area contributed by atoms with Crippen LogP contribution in [0.25, 0.3) is 0 Å². The Morgan fingerprint density at radius 3 is 2.72 bits per heavy atom. The third kappa shape index (κ3) is 5.16. The normalized spacial score (nSPS) is 10.9. The first-order chi connectivity index (χ1) is 8.67. The standard InChI is InChI=1S/C13H23N3OS/c1-4-16(5-2)8-7-14-10-13-12(6-9-18-13)15-11(3)17/h6,9,14H,4-5,7-8,10H2,1-3H3,(H,15,17). The topological polar surface area (TPSA) is 44.4 Å². The van der Waals surface area contributed by atoms with Gasteiger partial charge in [-0.25, -0.2) is 0 Å². The van der Waals surface area contributed by atoms with Gasteiger partial charge in [-0.05, 0) is 24.5 Å². The zero-order valence-electron chi connectivity index (χ0n) is 11.5. The fourth-order valence-electron chi connectivity index (χ4n) is 1.76. The maximum absolute atomic E-state index is 11.0. The molecule has 18 heavy (non-hydrogen) atoms. The summed E-state index contributed by atoms with van der Waals surface area (Å²) in [6.45, 7) is 10.9. The van der Waals surface area contributed by atoms with E-state index in [9.17, 15) is 4.79 Å². The first-order valence-electron chi connectivity index (χ1n) is 6.44. The summed E-state index contributed by atoms with van der Waals surface area (Å²) < 4.78 is 0. The van der Waals surface area contributed by atoms with Crippen molar-refractivity contribution in [2.24, 2.45) is 0 Å². The van der Waals surface area contributed by atoms with Crippen molar-refractivity contribution in [3.05, 3.63) is 16.3 Å². The van der Waals surface area contributed by atoms with Crippen LogP contribution in [0.2, 0.25) is 0 Å². The van der Waals surface area contributed by atoms with Gasteiger partial charge in [0, 0.05) is 31.4 Å². The van der Waals surface area contributed by atoms with E-state index in [1.54, 1.807) is 11.3 Å². The zero-order chi connectivity index (χ0) is 13.4. The van der Waals surface area contributed by atoms with E-state index in [2.05, 4.69) is 29.4 Å². The number of carbonyl (C=O) groups is 1. The second-order valence-corrected chi connectivity index (χ2v) is 5.14. The van der Waals surface area contributed by atoms with Gasteiger partial charge in [-0.2, -0.15) is 0 Å². The largest absolute Gasteiger partial charge is 0.325 e. The molecule has 0 bridgehead atoms. The molecule has 102 valence electrons. The Labute approximate surface area is 113 Å². The van der Waals surface area contributed by atoms with Gasteiger partial charge in [0.2, 0.25) is 5.91 Å². The average molecular weight is 269 g/mol. The summed E-state index contributed by atoms with van der Waals surface area (Å²) >= 11 is 1.67. The molecule has 0 spiro atoms. The Morgan fingerprint density at radius 2 is 2.11 bits per heavy atom. The molecule has 0 saturated heterocycles. The van der Waals surface area contributed by atoms with Crippen molar-refractivity contribution in [1.29, 1.82) is 0 Å². The summed E-state index contributed by atoms with van der Waals surface area (Å²) in [7, 11) is 0. The number of carbonyl (C=O) groups excluding carboxylic acids is 1. The van der Waals surface area contributed by atoms with E-state index in [1.165, 1.54) is 11.8 Å². The number of thiophene rings is 1. The SMILES string of the molecule is CCN(CC)CCNCc1sccc1NC(C)=O. The predicted molar refractivity (Wildman–Crippen MR) is 78.1 cm³/mol. The van der Waals surface area contributed by atoms with Gasteiger partial charge in [0.25, 0.3) is 0 Å². The molecule has 0 aliphatic rings. The third-order valence-corrected chi connectivity index (χ3v) is 3.76. The Bertz CT molecular complexity index is 361. The average Bonchev–Trinajstić information content (AvgIpc) is 2.76. The first-order valence-corrected chi connectivity index (χ1v) is 7.32. The molecule has 0 atom stereocenters. The molecule has 0 unspecified atom stereocenters. The van der Waals surface area contributed by atoms with Crippen molar-refractivity contribution in [2.75, 3.05) is 31.5 Å². The quantitative estimate of drug-likeness (QED) is 0.711. The summed E-state index contributed by atoms with van der Waals surface area (Å²) in [5.74, 6) is -0.0159. The second-order valence-electron chi connectivity index (χ2n) is 4.14. The number of likely N-dealkylation sites (N-methyl/N-ethyl adjacent to an activating group) is 1. The molecule has 0 radical (unpaired) electrons. The van der Waals surface area contributed by atoms with Crippen LogP contribution in [-0.2, 0) is 11.3 Å². The van der Waals surface area contributed by atoms with Crippen LogP contribution in [0.5, 0.6) is 0 Å². The van der Waals surface area contributed by atoms with Crippen LogP contribution in [0.3, 0.4) is 0 Å². The molecule has 0 aliphatic carbocycles. The lowest BCUT2D eigenvalue weighted by Crippen LogP contribution is -2.31. The van der Waals surface area contributed by atoms with Gasteiger partial charge in [0.1, 0.15) is 0 Å². The molecule has 1 heterocycles. The molecule has 5 heteroatoms. The number of hydrogen-bond acceptors (Lipinski definition) is 4. The molecule has 0 fully saturated rings. The van der Waals surface area contributed by atoms with Gasteiger partial charge in [0.15, 0.2) is 0 Å². The lowest BCUT2D eigenvalue weighted by Gasteiger charge is -2.18. The lowest BCUT2D eigenvalue weighted by atomic mass is 10.3. The number of hydrogen-bond donors (Lipinski definition) is 2. The Morgan fingerprint density at radius 1 is 1.39 bits per heavy atom. The van der Waals surface area contributed by atoms with Crippen molar-refractivity contribution >= 4 is 22.9 Å². The predicted octanol–water partition coefficient (Wildman–Crippen LogP) is 2.14. The van der Waals surface area contributed by atoms with E-state index in [4.69, 9.17) is 0 Å². The molecular formula is C13H23N3OS. The van der Waals surface area contributed by atoms with Crippen LogP contribution >= 0.6 is 11.3 Å². The van der Waals surface area contributed by atoms with Crippen LogP contribution in [0.15, 0.2) is 11.4 Å². The summed E-state index contributed by atoms with van der Waals surface area (Å²) in [5, 5.41) is 8.27. The van der Waals surface area contributed by atoms with Crippen molar-refractivity contribution in [3.63, 3.8) is 0 Å². The van der Waals surface area contributed by atoms with Crippen LogP contribution in [0.4, 0.5) is 5.69 Å². The molecule has 4 nitrogen and oxygen atoms in total. The highest BCUT2D eigenvalue weighted by molar-refractivity contribution is 7.10. The number of rotatable bonds is 8. The maximum Gasteiger partial charge on any atom is 0.221 e. The zero-order valence-corrected chi connectivity index (χ0v) is 12.3. The number of amides is 1. The van der Waals surface area contributed by atoms with Crippen LogP contribution in [0.1, 0.15) is 25.6 Å². The van der Waals surface area contributed by atoms with Crippen molar-refractivity contribution in [3.8, 4) is 0 Å². The van der Waals surface area contributed by atoms with E-state index < -0.39 is 0 Å². The van der Waals surface area contributed by atoms with E-state index in [0.717, 1.165) is 38.4 Å².